The molecule has 0 saturated heterocycles. The Balaban J connectivity index is 1.83. The number of ether oxygens (including phenoxy) is 3. The number of rotatable bonds is 9. The van der Waals surface area contributed by atoms with Crippen molar-refractivity contribution in [1.82, 2.24) is 10.3 Å². The van der Waals surface area contributed by atoms with Crippen molar-refractivity contribution in [2.75, 3.05) is 26.9 Å². The molecule has 0 saturated carbocycles. The van der Waals surface area contributed by atoms with E-state index >= 15 is 0 Å². The van der Waals surface area contributed by atoms with E-state index in [9.17, 15) is 0 Å². The maximum Gasteiger partial charge on any atom is 0.213 e. The number of hydrogen-bond donors (Lipinski definition) is 1. The van der Waals surface area contributed by atoms with Gasteiger partial charge in [0.25, 0.3) is 0 Å². The third-order valence-electron chi connectivity index (χ3n) is 3.11. The molecular formula is C17H21ClN2O3. The van der Waals surface area contributed by atoms with Gasteiger partial charge in [0.15, 0.2) is 11.5 Å². The Bertz CT molecular complexity index is 608. The lowest BCUT2D eigenvalue weighted by Gasteiger charge is -2.13. The highest BCUT2D eigenvalue weighted by molar-refractivity contribution is 6.31. The van der Waals surface area contributed by atoms with Gasteiger partial charge in [-0.3, -0.25) is 0 Å². The van der Waals surface area contributed by atoms with E-state index in [0.29, 0.717) is 48.7 Å². The highest BCUT2D eigenvalue weighted by atomic mass is 35.5. The van der Waals surface area contributed by atoms with Crippen LogP contribution in [0.15, 0.2) is 36.5 Å². The summed E-state index contributed by atoms with van der Waals surface area (Å²) in [6.45, 7) is 4.32. The number of nitrogens with one attached hydrogen (secondary N) is 1. The van der Waals surface area contributed by atoms with Gasteiger partial charge in [0.05, 0.1) is 13.7 Å². The largest absolute Gasteiger partial charge is 0.493 e. The van der Waals surface area contributed by atoms with Crippen LogP contribution in [0.25, 0.3) is 0 Å². The topological polar surface area (TPSA) is 52.6 Å². The quantitative estimate of drug-likeness (QED) is 0.712. The monoisotopic (exact) mass is 336 g/mol. The van der Waals surface area contributed by atoms with Gasteiger partial charge in [-0.1, -0.05) is 17.7 Å². The van der Waals surface area contributed by atoms with Crippen molar-refractivity contribution < 1.29 is 14.2 Å². The first-order chi connectivity index (χ1) is 11.2. The number of nitrogens with zero attached hydrogens (tertiary/aromatic N) is 1. The van der Waals surface area contributed by atoms with E-state index in [1.807, 2.05) is 31.2 Å². The van der Waals surface area contributed by atoms with Crippen LogP contribution in [-0.4, -0.2) is 31.9 Å². The van der Waals surface area contributed by atoms with E-state index < -0.39 is 0 Å². The van der Waals surface area contributed by atoms with Crippen LogP contribution in [0.4, 0.5) is 0 Å². The summed E-state index contributed by atoms with van der Waals surface area (Å²) in [5.41, 5.74) is 0.949. The first-order valence-corrected chi connectivity index (χ1v) is 7.86. The molecule has 0 amide bonds. The van der Waals surface area contributed by atoms with Crippen LogP contribution >= 0.6 is 11.6 Å². The van der Waals surface area contributed by atoms with Gasteiger partial charge in [0, 0.05) is 36.4 Å². The first kappa shape index (κ1) is 17.4. The molecule has 23 heavy (non-hydrogen) atoms. The summed E-state index contributed by atoms with van der Waals surface area (Å²) in [4.78, 5) is 4.10. The Morgan fingerprint density at radius 1 is 1.17 bits per heavy atom. The third kappa shape index (κ3) is 5.30. The SMILES string of the molecule is CCOc1cc(Cl)c(CNCCOc2ccccn2)cc1OC. The first-order valence-electron chi connectivity index (χ1n) is 7.48. The smallest absolute Gasteiger partial charge is 0.213 e. The molecule has 0 radical (unpaired) electrons. The van der Waals surface area contributed by atoms with Gasteiger partial charge < -0.3 is 19.5 Å². The number of halogens is 1. The van der Waals surface area contributed by atoms with E-state index in [4.69, 9.17) is 25.8 Å². The van der Waals surface area contributed by atoms with Crippen LogP contribution < -0.4 is 19.5 Å². The lowest BCUT2D eigenvalue weighted by atomic mass is 10.2. The van der Waals surface area contributed by atoms with Crippen molar-refractivity contribution in [2.24, 2.45) is 0 Å². The fourth-order valence-corrected chi connectivity index (χ4v) is 2.24. The summed E-state index contributed by atoms with van der Waals surface area (Å²) < 4.78 is 16.4. The summed E-state index contributed by atoms with van der Waals surface area (Å²) in [7, 11) is 1.61. The Morgan fingerprint density at radius 3 is 2.74 bits per heavy atom. The van der Waals surface area contributed by atoms with Crippen LogP contribution in [0.2, 0.25) is 5.02 Å². The normalized spacial score (nSPS) is 10.4. The zero-order valence-electron chi connectivity index (χ0n) is 13.3. The fourth-order valence-electron chi connectivity index (χ4n) is 2.02. The third-order valence-corrected chi connectivity index (χ3v) is 3.47. The highest BCUT2D eigenvalue weighted by Gasteiger charge is 2.10. The molecule has 5 nitrogen and oxygen atoms in total. The molecule has 1 N–H and O–H groups in total. The van der Waals surface area contributed by atoms with Gasteiger partial charge in [0.1, 0.15) is 6.61 Å². The Labute approximate surface area is 141 Å². The van der Waals surface area contributed by atoms with Crippen molar-refractivity contribution in [1.29, 1.82) is 0 Å². The number of methoxy groups -OCH3 is 1. The summed E-state index contributed by atoms with van der Waals surface area (Å²) in [5.74, 6) is 1.95. The average molecular weight is 337 g/mol. The van der Waals surface area contributed by atoms with E-state index in [2.05, 4.69) is 10.3 Å². The molecule has 0 atom stereocenters. The summed E-state index contributed by atoms with van der Waals surface area (Å²) >= 11 is 6.29. The van der Waals surface area contributed by atoms with Crippen molar-refractivity contribution in [3.05, 3.63) is 47.1 Å². The Kier molecular flexibility index (Phi) is 6.97. The molecule has 0 spiro atoms. The minimum atomic E-state index is 0.531. The van der Waals surface area contributed by atoms with Gasteiger partial charge >= 0.3 is 0 Å². The standard InChI is InChI=1S/C17H21ClN2O3/c1-3-22-16-11-14(18)13(10-15(16)21-2)12-19-8-9-23-17-6-4-5-7-20-17/h4-7,10-11,19H,3,8-9,12H2,1-2H3. The molecule has 0 bridgehead atoms. The molecule has 2 rings (SSSR count). The van der Waals surface area contributed by atoms with Gasteiger partial charge in [-0.15, -0.1) is 0 Å². The maximum absolute atomic E-state index is 6.29. The molecule has 124 valence electrons. The predicted octanol–water partition coefficient (Wildman–Crippen LogP) is 3.31. The molecule has 0 unspecified atom stereocenters. The Morgan fingerprint density at radius 2 is 2.04 bits per heavy atom. The Hall–Kier alpha value is -1.98. The fraction of sp³-hybridized carbons (Fsp3) is 0.353. The van der Waals surface area contributed by atoms with Crippen LogP contribution in [0, 0.1) is 0 Å². The van der Waals surface area contributed by atoms with Crippen molar-refractivity contribution in [2.45, 2.75) is 13.5 Å². The molecule has 0 aliphatic rings. The molecule has 2 aromatic rings. The van der Waals surface area contributed by atoms with E-state index in [-0.39, 0.29) is 0 Å². The van der Waals surface area contributed by atoms with E-state index in [0.717, 1.165) is 5.56 Å². The molecule has 0 aliphatic heterocycles. The minimum absolute atomic E-state index is 0.531. The van der Waals surface area contributed by atoms with Crippen molar-refractivity contribution in [3.8, 4) is 17.4 Å². The van der Waals surface area contributed by atoms with Gasteiger partial charge in [-0.05, 0) is 24.6 Å². The molecule has 6 heteroatoms. The van der Waals surface area contributed by atoms with Gasteiger partial charge in [0.2, 0.25) is 5.88 Å². The number of hydrogen-bond acceptors (Lipinski definition) is 5. The summed E-state index contributed by atoms with van der Waals surface area (Å²) in [6.07, 6.45) is 1.70. The average Bonchev–Trinajstić information content (AvgIpc) is 2.57. The van der Waals surface area contributed by atoms with Gasteiger partial charge in [-0.2, -0.15) is 0 Å². The maximum atomic E-state index is 6.29. The second kappa shape index (κ2) is 9.22. The second-order valence-electron chi connectivity index (χ2n) is 4.72. The molecule has 0 aliphatic carbocycles. The molecule has 1 aromatic carbocycles. The molecule has 0 fully saturated rings. The lowest BCUT2D eigenvalue weighted by Crippen LogP contribution is -2.21. The summed E-state index contributed by atoms with van der Waals surface area (Å²) in [6, 6.07) is 9.24. The zero-order valence-corrected chi connectivity index (χ0v) is 14.1. The number of pyridine rings is 1. The molecular weight excluding hydrogens is 316 g/mol. The lowest BCUT2D eigenvalue weighted by molar-refractivity contribution is 0.301. The number of benzene rings is 1. The van der Waals surface area contributed by atoms with Gasteiger partial charge in [-0.25, -0.2) is 4.98 Å². The van der Waals surface area contributed by atoms with E-state index in [1.165, 1.54) is 0 Å². The molecule has 1 aromatic heterocycles. The van der Waals surface area contributed by atoms with Crippen LogP contribution in [0.5, 0.6) is 17.4 Å². The van der Waals surface area contributed by atoms with Crippen molar-refractivity contribution in [3.63, 3.8) is 0 Å². The second-order valence-corrected chi connectivity index (χ2v) is 5.13. The van der Waals surface area contributed by atoms with Crippen LogP contribution in [0.1, 0.15) is 12.5 Å². The van der Waals surface area contributed by atoms with Crippen LogP contribution in [0.3, 0.4) is 0 Å². The minimum Gasteiger partial charge on any atom is -0.493 e. The zero-order chi connectivity index (χ0) is 16.5. The van der Waals surface area contributed by atoms with E-state index in [1.54, 1.807) is 19.4 Å². The predicted molar refractivity (Wildman–Crippen MR) is 90.6 cm³/mol. The van der Waals surface area contributed by atoms with Crippen LogP contribution in [-0.2, 0) is 6.54 Å². The summed E-state index contributed by atoms with van der Waals surface area (Å²) in [5, 5.41) is 3.93. The van der Waals surface area contributed by atoms with Crippen molar-refractivity contribution >= 4 is 11.6 Å². The molecule has 1 heterocycles. The highest BCUT2D eigenvalue weighted by Crippen LogP contribution is 2.33. The number of aromatic nitrogens is 1.